The first-order chi connectivity index (χ1) is 9.81. The molecule has 0 saturated heterocycles. The zero-order chi connectivity index (χ0) is 14.2. The normalized spacial score (nSPS) is 10.6. The van der Waals surface area contributed by atoms with Crippen LogP contribution in [0, 0.1) is 0 Å². The first-order valence-corrected chi connectivity index (χ1v) is 6.42. The van der Waals surface area contributed by atoms with Crippen molar-refractivity contribution in [2.45, 2.75) is 6.29 Å². The van der Waals surface area contributed by atoms with E-state index in [2.05, 4.69) is 5.32 Å². The molecule has 4 nitrogen and oxygen atoms in total. The fourth-order valence-electron chi connectivity index (χ4n) is 1.72. The van der Waals surface area contributed by atoms with Crippen LogP contribution >= 0.6 is 0 Å². The third-order valence-electron chi connectivity index (χ3n) is 2.83. The second-order valence-electron chi connectivity index (χ2n) is 4.23. The van der Waals surface area contributed by atoms with Crippen LogP contribution < -0.4 is 10.1 Å². The quantitative estimate of drug-likeness (QED) is 0.785. The third-order valence-corrected chi connectivity index (χ3v) is 2.83. The molecular weight excluding hydrogens is 254 g/mol. The maximum atomic E-state index is 5.58. The molecule has 0 aliphatic rings. The number of methoxy groups -OCH3 is 2. The maximum absolute atomic E-state index is 5.58. The SMILES string of the molecule is COC(COc1ccc(Nc2ccccc2)cc1)OC. The number of rotatable bonds is 7. The van der Waals surface area contributed by atoms with Gasteiger partial charge >= 0.3 is 0 Å². The first kappa shape index (κ1) is 14.4. The van der Waals surface area contributed by atoms with Gasteiger partial charge in [-0.05, 0) is 36.4 Å². The van der Waals surface area contributed by atoms with Crippen molar-refractivity contribution < 1.29 is 14.2 Å². The molecule has 2 aromatic carbocycles. The Balaban J connectivity index is 1.90. The number of ether oxygens (including phenoxy) is 3. The highest BCUT2D eigenvalue weighted by Crippen LogP contribution is 2.20. The highest BCUT2D eigenvalue weighted by molar-refractivity contribution is 5.59. The van der Waals surface area contributed by atoms with Crippen LogP contribution in [0.3, 0.4) is 0 Å². The van der Waals surface area contributed by atoms with Gasteiger partial charge in [0.15, 0.2) is 6.29 Å². The van der Waals surface area contributed by atoms with Crippen molar-refractivity contribution in [2.75, 3.05) is 26.1 Å². The molecular formula is C16H19NO3. The smallest absolute Gasteiger partial charge is 0.191 e. The van der Waals surface area contributed by atoms with E-state index < -0.39 is 0 Å². The van der Waals surface area contributed by atoms with Crippen LogP contribution in [0.25, 0.3) is 0 Å². The zero-order valence-corrected chi connectivity index (χ0v) is 11.7. The van der Waals surface area contributed by atoms with Gasteiger partial charge in [-0.2, -0.15) is 0 Å². The fourth-order valence-corrected chi connectivity index (χ4v) is 1.72. The van der Waals surface area contributed by atoms with E-state index in [1.807, 2.05) is 54.6 Å². The first-order valence-electron chi connectivity index (χ1n) is 6.42. The van der Waals surface area contributed by atoms with Gasteiger partial charge in [0.05, 0.1) is 0 Å². The van der Waals surface area contributed by atoms with Gasteiger partial charge in [0.25, 0.3) is 0 Å². The average Bonchev–Trinajstić information content (AvgIpc) is 2.51. The number of benzene rings is 2. The average molecular weight is 273 g/mol. The van der Waals surface area contributed by atoms with Gasteiger partial charge in [0.2, 0.25) is 0 Å². The number of nitrogens with one attached hydrogen (secondary N) is 1. The van der Waals surface area contributed by atoms with E-state index in [4.69, 9.17) is 14.2 Å². The summed E-state index contributed by atoms with van der Waals surface area (Å²) in [4.78, 5) is 0. The minimum Gasteiger partial charge on any atom is -0.488 e. The largest absolute Gasteiger partial charge is 0.488 e. The van der Waals surface area contributed by atoms with Crippen molar-refractivity contribution in [3.63, 3.8) is 0 Å². The lowest BCUT2D eigenvalue weighted by atomic mass is 10.2. The molecule has 1 N–H and O–H groups in total. The number of hydrogen-bond donors (Lipinski definition) is 1. The van der Waals surface area contributed by atoms with Gasteiger partial charge in [-0.25, -0.2) is 0 Å². The summed E-state index contributed by atoms with van der Waals surface area (Å²) >= 11 is 0. The van der Waals surface area contributed by atoms with Crippen molar-refractivity contribution >= 4 is 11.4 Å². The summed E-state index contributed by atoms with van der Waals surface area (Å²) in [6.07, 6.45) is -0.350. The zero-order valence-electron chi connectivity index (χ0n) is 11.7. The predicted octanol–water partition coefficient (Wildman–Crippen LogP) is 3.43. The van der Waals surface area contributed by atoms with Gasteiger partial charge in [-0.1, -0.05) is 18.2 Å². The Labute approximate surface area is 119 Å². The van der Waals surface area contributed by atoms with E-state index in [0.717, 1.165) is 17.1 Å². The molecule has 20 heavy (non-hydrogen) atoms. The van der Waals surface area contributed by atoms with Crippen molar-refractivity contribution in [3.05, 3.63) is 54.6 Å². The fraction of sp³-hybridized carbons (Fsp3) is 0.250. The predicted molar refractivity (Wildman–Crippen MR) is 79.5 cm³/mol. The Kier molecular flexibility index (Phi) is 5.41. The molecule has 0 radical (unpaired) electrons. The summed E-state index contributed by atoms with van der Waals surface area (Å²) < 4.78 is 15.7. The van der Waals surface area contributed by atoms with E-state index in [0.29, 0.717) is 6.61 Å². The molecule has 0 unspecified atom stereocenters. The van der Waals surface area contributed by atoms with Crippen molar-refractivity contribution in [2.24, 2.45) is 0 Å². The van der Waals surface area contributed by atoms with Crippen LogP contribution in [0.15, 0.2) is 54.6 Å². The highest BCUT2D eigenvalue weighted by atomic mass is 16.7. The summed E-state index contributed by atoms with van der Waals surface area (Å²) in [5.41, 5.74) is 2.07. The lowest BCUT2D eigenvalue weighted by Crippen LogP contribution is -2.21. The third kappa shape index (κ3) is 4.26. The Morgan fingerprint density at radius 1 is 0.850 bits per heavy atom. The molecule has 0 aromatic heterocycles. The van der Waals surface area contributed by atoms with Crippen molar-refractivity contribution in [1.29, 1.82) is 0 Å². The number of hydrogen-bond acceptors (Lipinski definition) is 4. The molecule has 0 heterocycles. The summed E-state index contributed by atoms with van der Waals surface area (Å²) in [5, 5.41) is 3.31. The highest BCUT2D eigenvalue weighted by Gasteiger charge is 2.05. The van der Waals surface area contributed by atoms with E-state index >= 15 is 0 Å². The Morgan fingerprint density at radius 3 is 2.05 bits per heavy atom. The molecule has 0 aliphatic carbocycles. The van der Waals surface area contributed by atoms with Crippen LogP contribution in [-0.2, 0) is 9.47 Å². The molecule has 2 rings (SSSR count). The van der Waals surface area contributed by atoms with Gasteiger partial charge < -0.3 is 19.5 Å². The molecule has 2 aromatic rings. The van der Waals surface area contributed by atoms with E-state index in [-0.39, 0.29) is 6.29 Å². The molecule has 0 amide bonds. The summed E-state index contributed by atoms with van der Waals surface area (Å²) in [6, 6.07) is 17.8. The van der Waals surface area contributed by atoms with E-state index in [9.17, 15) is 0 Å². The summed E-state index contributed by atoms with van der Waals surface area (Å²) in [7, 11) is 3.18. The lowest BCUT2D eigenvalue weighted by molar-refractivity contribution is -0.121. The summed E-state index contributed by atoms with van der Waals surface area (Å²) in [5.74, 6) is 0.780. The van der Waals surface area contributed by atoms with Crippen LogP contribution in [-0.4, -0.2) is 27.1 Å². The minimum atomic E-state index is -0.350. The van der Waals surface area contributed by atoms with Crippen LogP contribution in [0.4, 0.5) is 11.4 Å². The lowest BCUT2D eigenvalue weighted by Gasteiger charge is -2.14. The molecule has 0 spiro atoms. The second-order valence-corrected chi connectivity index (χ2v) is 4.23. The van der Waals surface area contributed by atoms with Crippen LogP contribution in [0.1, 0.15) is 0 Å². The molecule has 4 heteroatoms. The molecule has 0 bridgehead atoms. The Hall–Kier alpha value is -2.04. The Morgan fingerprint density at radius 2 is 1.45 bits per heavy atom. The van der Waals surface area contributed by atoms with Gasteiger partial charge in [0, 0.05) is 25.6 Å². The van der Waals surface area contributed by atoms with Gasteiger partial charge in [-0.15, -0.1) is 0 Å². The van der Waals surface area contributed by atoms with Crippen LogP contribution in [0.5, 0.6) is 5.75 Å². The molecule has 0 aliphatic heterocycles. The van der Waals surface area contributed by atoms with Crippen LogP contribution in [0.2, 0.25) is 0 Å². The van der Waals surface area contributed by atoms with E-state index in [1.165, 1.54) is 0 Å². The maximum Gasteiger partial charge on any atom is 0.191 e. The van der Waals surface area contributed by atoms with Gasteiger partial charge in [-0.3, -0.25) is 0 Å². The summed E-state index contributed by atoms with van der Waals surface area (Å²) in [6.45, 7) is 0.360. The molecule has 106 valence electrons. The standard InChI is InChI=1S/C16H19NO3/c1-18-16(19-2)12-20-15-10-8-14(9-11-15)17-13-6-4-3-5-7-13/h3-11,16-17H,12H2,1-2H3. The molecule has 0 atom stereocenters. The molecule has 0 fully saturated rings. The Bertz CT molecular complexity index is 495. The number of para-hydroxylation sites is 1. The monoisotopic (exact) mass is 273 g/mol. The van der Waals surface area contributed by atoms with Gasteiger partial charge in [0.1, 0.15) is 12.4 Å². The second kappa shape index (κ2) is 7.53. The van der Waals surface area contributed by atoms with E-state index in [1.54, 1.807) is 14.2 Å². The van der Waals surface area contributed by atoms with Crippen molar-refractivity contribution in [1.82, 2.24) is 0 Å². The minimum absolute atomic E-state index is 0.350. The molecule has 0 saturated carbocycles. The number of anilines is 2. The topological polar surface area (TPSA) is 39.7 Å². The van der Waals surface area contributed by atoms with Crippen molar-refractivity contribution in [3.8, 4) is 5.75 Å².